The third kappa shape index (κ3) is 4.23. The lowest BCUT2D eigenvalue weighted by atomic mass is 10.1. The zero-order chi connectivity index (χ0) is 21.3. The molecule has 0 unspecified atom stereocenters. The number of benzene rings is 1. The van der Waals surface area contributed by atoms with E-state index in [-0.39, 0.29) is 11.1 Å². The molecule has 0 radical (unpaired) electrons. The van der Waals surface area contributed by atoms with Crippen LogP contribution in [0.5, 0.6) is 5.75 Å². The summed E-state index contributed by atoms with van der Waals surface area (Å²) in [5.41, 5.74) is 1.31. The van der Waals surface area contributed by atoms with E-state index in [0.717, 1.165) is 40.9 Å². The third-order valence-electron chi connectivity index (χ3n) is 5.86. The lowest BCUT2D eigenvalue weighted by Gasteiger charge is -2.29. The highest BCUT2D eigenvalue weighted by molar-refractivity contribution is 5.80. The lowest BCUT2D eigenvalue weighted by molar-refractivity contribution is 0.167. The number of H-pyrrole nitrogens is 1. The SMILES string of the molecule is COc1ccc2[nH]c(=O)c(CN(Cc3nnnn3C(C)(C)C)C3CCCC3)cc2c1. The first-order chi connectivity index (χ1) is 14.3. The number of fused-ring (bicyclic) bond motifs is 1. The van der Waals surface area contributed by atoms with E-state index in [4.69, 9.17) is 4.74 Å². The molecule has 1 aliphatic carbocycles. The maximum Gasteiger partial charge on any atom is 0.252 e. The highest BCUT2D eigenvalue weighted by Gasteiger charge is 2.27. The number of nitrogens with one attached hydrogen (secondary N) is 1. The molecule has 8 nitrogen and oxygen atoms in total. The summed E-state index contributed by atoms with van der Waals surface area (Å²) in [6.07, 6.45) is 4.71. The van der Waals surface area contributed by atoms with E-state index in [1.54, 1.807) is 7.11 Å². The predicted molar refractivity (Wildman–Crippen MR) is 115 cm³/mol. The summed E-state index contributed by atoms with van der Waals surface area (Å²) in [5, 5.41) is 13.4. The van der Waals surface area contributed by atoms with Gasteiger partial charge in [-0.25, -0.2) is 4.68 Å². The summed E-state index contributed by atoms with van der Waals surface area (Å²) in [5.74, 6) is 1.60. The lowest BCUT2D eigenvalue weighted by Crippen LogP contribution is -2.36. The minimum atomic E-state index is -0.197. The Kier molecular flexibility index (Phi) is 5.60. The zero-order valence-corrected chi connectivity index (χ0v) is 18.2. The van der Waals surface area contributed by atoms with Gasteiger partial charge in [-0.1, -0.05) is 12.8 Å². The number of methoxy groups -OCH3 is 1. The van der Waals surface area contributed by atoms with Crippen molar-refractivity contribution in [3.8, 4) is 5.75 Å². The molecule has 160 valence electrons. The van der Waals surface area contributed by atoms with Crippen LogP contribution < -0.4 is 10.3 Å². The number of aromatic nitrogens is 5. The van der Waals surface area contributed by atoms with E-state index in [9.17, 15) is 4.79 Å². The van der Waals surface area contributed by atoms with Crippen LogP contribution in [0.2, 0.25) is 0 Å². The van der Waals surface area contributed by atoms with Gasteiger partial charge in [0.25, 0.3) is 5.56 Å². The van der Waals surface area contributed by atoms with Crippen LogP contribution in [0.25, 0.3) is 10.9 Å². The maximum absolute atomic E-state index is 12.8. The number of hydrogen-bond acceptors (Lipinski definition) is 6. The summed E-state index contributed by atoms with van der Waals surface area (Å²) in [6.45, 7) is 7.45. The number of ether oxygens (including phenoxy) is 1. The van der Waals surface area contributed by atoms with Crippen molar-refractivity contribution in [1.82, 2.24) is 30.1 Å². The van der Waals surface area contributed by atoms with E-state index in [0.29, 0.717) is 19.1 Å². The largest absolute Gasteiger partial charge is 0.497 e. The topological polar surface area (TPSA) is 88.9 Å². The molecule has 2 aromatic heterocycles. The van der Waals surface area contributed by atoms with Crippen molar-refractivity contribution >= 4 is 10.9 Å². The second-order valence-electron chi connectivity index (χ2n) is 9.10. The van der Waals surface area contributed by atoms with Crippen molar-refractivity contribution in [3.05, 3.63) is 46.0 Å². The molecule has 4 rings (SSSR count). The summed E-state index contributed by atoms with van der Waals surface area (Å²) in [7, 11) is 1.65. The standard InChI is InChI=1S/C22H30N6O2/c1-22(2,3)28-20(24-25-26-28)14-27(17-7-5-6-8-17)13-16-11-15-12-18(30-4)9-10-19(15)23-21(16)29/h9-12,17H,5-8,13-14H2,1-4H3,(H,23,29). The van der Waals surface area contributed by atoms with E-state index in [1.165, 1.54) is 12.8 Å². The van der Waals surface area contributed by atoms with Crippen molar-refractivity contribution in [3.63, 3.8) is 0 Å². The second-order valence-corrected chi connectivity index (χ2v) is 9.10. The number of aromatic amines is 1. The van der Waals surface area contributed by atoms with Gasteiger partial charge in [0.1, 0.15) is 5.75 Å². The highest BCUT2D eigenvalue weighted by Crippen LogP contribution is 2.27. The molecule has 30 heavy (non-hydrogen) atoms. The maximum atomic E-state index is 12.8. The molecule has 1 N–H and O–H groups in total. The highest BCUT2D eigenvalue weighted by atomic mass is 16.5. The van der Waals surface area contributed by atoms with E-state index in [2.05, 4.69) is 46.2 Å². The first-order valence-corrected chi connectivity index (χ1v) is 10.6. The fourth-order valence-corrected chi connectivity index (χ4v) is 4.28. The minimum Gasteiger partial charge on any atom is -0.497 e. The molecule has 0 amide bonds. The molecule has 0 atom stereocenters. The molecular formula is C22H30N6O2. The second kappa shape index (κ2) is 8.18. The van der Waals surface area contributed by atoms with Crippen molar-refractivity contribution < 1.29 is 4.74 Å². The van der Waals surface area contributed by atoms with Gasteiger partial charge in [0.2, 0.25) is 0 Å². The Morgan fingerprint density at radius 2 is 1.97 bits per heavy atom. The van der Waals surface area contributed by atoms with Crippen molar-refractivity contribution in [2.45, 2.75) is 71.1 Å². The van der Waals surface area contributed by atoms with Gasteiger partial charge in [0, 0.05) is 29.1 Å². The molecule has 1 saturated carbocycles. The third-order valence-corrected chi connectivity index (χ3v) is 5.86. The zero-order valence-electron chi connectivity index (χ0n) is 18.2. The molecule has 3 aromatic rings. The Labute approximate surface area is 176 Å². The molecule has 0 spiro atoms. The smallest absolute Gasteiger partial charge is 0.252 e. The van der Waals surface area contributed by atoms with Crippen LogP contribution in [0.4, 0.5) is 0 Å². The van der Waals surface area contributed by atoms with Gasteiger partial charge < -0.3 is 9.72 Å². The predicted octanol–water partition coefficient (Wildman–Crippen LogP) is 3.22. The molecular weight excluding hydrogens is 380 g/mol. The molecule has 1 aliphatic rings. The van der Waals surface area contributed by atoms with Crippen LogP contribution in [0, 0.1) is 0 Å². The summed E-state index contributed by atoms with van der Waals surface area (Å²) in [6, 6.07) is 8.09. The van der Waals surface area contributed by atoms with E-state index >= 15 is 0 Å². The molecule has 0 aliphatic heterocycles. The summed E-state index contributed by atoms with van der Waals surface area (Å²) < 4.78 is 7.22. The number of rotatable bonds is 6. The van der Waals surface area contributed by atoms with Gasteiger partial charge in [-0.2, -0.15) is 0 Å². The van der Waals surface area contributed by atoms with E-state index < -0.39 is 0 Å². The molecule has 1 aromatic carbocycles. The average Bonchev–Trinajstić information content (AvgIpc) is 3.39. The Balaban J connectivity index is 1.66. The quantitative estimate of drug-likeness (QED) is 0.671. The van der Waals surface area contributed by atoms with Gasteiger partial charge in [0.05, 0.1) is 19.2 Å². The van der Waals surface area contributed by atoms with Gasteiger partial charge in [-0.15, -0.1) is 5.10 Å². The average molecular weight is 411 g/mol. The van der Waals surface area contributed by atoms with Gasteiger partial charge in [-0.05, 0) is 68.3 Å². The first-order valence-electron chi connectivity index (χ1n) is 10.6. The van der Waals surface area contributed by atoms with Gasteiger partial charge in [-0.3, -0.25) is 9.69 Å². The Bertz CT molecular complexity index is 1080. The minimum absolute atomic E-state index is 0.0499. The number of pyridine rings is 1. The number of nitrogens with zero attached hydrogens (tertiary/aromatic N) is 5. The Hall–Kier alpha value is -2.74. The van der Waals surface area contributed by atoms with E-state index in [1.807, 2.05) is 28.9 Å². The van der Waals surface area contributed by atoms with Crippen molar-refractivity contribution in [2.75, 3.05) is 7.11 Å². The molecule has 8 heteroatoms. The van der Waals surface area contributed by atoms with Crippen LogP contribution >= 0.6 is 0 Å². The van der Waals surface area contributed by atoms with Crippen LogP contribution in [-0.2, 0) is 18.6 Å². The summed E-state index contributed by atoms with van der Waals surface area (Å²) in [4.78, 5) is 18.2. The summed E-state index contributed by atoms with van der Waals surface area (Å²) >= 11 is 0. The Morgan fingerprint density at radius 3 is 2.67 bits per heavy atom. The van der Waals surface area contributed by atoms with Gasteiger partial charge >= 0.3 is 0 Å². The van der Waals surface area contributed by atoms with Crippen LogP contribution in [0.3, 0.4) is 0 Å². The Morgan fingerprint density at radius 1 is 1.20 bits per heavy atom. The number of tetrazole rings is 1. The van der Waals surface area contributed by atoms with Crippen molar-refractivity contribution in [1.29, 1.82) is 0 Å². The monoisotopic (exact) mass is 410 g/mol. The molecule has 1 fully saturated rings. The molecule has 0 bridgehead atoms. The first kappa shape index (κ1) is 20.5. The fraction of sp³-hybridized carbons (Fsp3) is 0.545. The molecule has 2 heterocycles. The normalized spacial score (nSPS) is 15.4. The number of hydrogen-bond donors (Lipinski definition) is 1. The molecule has 0 saturated heterocycles. The van der Waals surface area contributed by atoms with Crippen LogP contribution in [0.1, 0.15) is 57.8 Å². The van der Waals surface area contributed by atoms with Crippen LogP contribution in [0.15, 0.2) is 29.1 Å². The fourth-order valence-electron chi connectivity index (χ4n) is 4.28. The van der Waals surface area contributed by atoms with Crippen molar-refractivity contribution in [2.24, 2.45) is 0 Å². The van der Waals surface area contributed by atoms with Crippen LogP contribution in [-0.4, -0.2) is 43.2 Å². The van der Waals surface area contributed by atoms with Gasteiger partial charge in [0.15, 0.2) is 5.82 Å².